The number of halogens is 1. The maximum atomic E-state index is 13.1. The van der Waals surface area contributed by atoms with Crippen LogP contribution in [0, 0.1) is 6.92 Å². The lowest BCUT2D eigenvalue weighted by atomic mass is 10.1. The largest absolute Gasteiger partial charge is 0.465 e. The highest BCUT2D eigenvalue weighted by atomic mass is 35.5. The third-order valence-corrected chi connectivity index (χ3v) is 6.59. The number of nitrogens with zero attached hydrogens (tertiary/aromatic N) is 4. The van der Waals surface area contributed by atoms with Gasteiger partial charge in [-0.05, 0) is 61.7 Å². The van der Waals surface area contributed by atoms with Gasteiger partial charge in [0.05, 0.1) is 45.5 Å². The predicted octanol–water partition coefficient (Wildman–Crippen LogP) is 2.63. The molecule has 0 radical (unpaired) electrons. The molecule has 224 valence electrons. The van der Waals surface area contributed by atoms with E-state index < -0.39 is 11.9 Å². The van der Waals surface area contributed by atoms with Crippen LogP contribution in [0.25, 0.3) is 0 Å². The maximum absolute atomic E-state index is 13.1. The first-order valence-electron chi connectivity index (χ1n) is 13.7. The lowest BCUT2D eigenvalue weighted by Crippen LogP contribution is -2.36. The van der Waals surface area contributed by atoms with Crippen LogP contribution in [0.3, 0.4) is 0 Å². The van der Waals surface area contributed by atoms with Gasteiger partial charge in [0.2, 0.25) is 5.91 Å². The van der Waals surface area contributed by atoms with Crippen molar-refractivity contribution in [3.8, 4) is 0 Å². The van der Waals surface area contributed by atoms with E-state index in [1.165, 1.54) is 4.68 Å². The van der Waals surface area contributed by atoms with Crippen LogP contribution in [0.5, 0.6) is 0 Å². The number of esters is 2. The van der Waals surface area contributed by atoms with E-state index >= 15 is 0 Å². The van der Waals surface area contributed by atoms with E-state index in [1.54, 1.807) is 56.3 Å². The van der Waals surface area contributed by atoms with E-state index in [2.05, 4.69) is 15.4 Å². The molecule has 0 spiro atoms. The summed E-state index contributed by atoms with van der Waals surface area (Å²) >= 11 is 6.25. The molecule has 2 aromatic heterocycles. The molecule has 3 aromatic rings. The van der Waals surface area contributed by atoms with Crippen LogP contribution < -0.4 is 10.9 Å². The van der Waals surface area contributed by atoms with Crippen molar-refractivity contribution in [2.24, 2.45) is 0 Å². The number of carbonyl (C=O) groups is 3. The van der Waals surface area contributed by atoms with Gasteiger partial charge in [0.25, 0.3) is 5.56 Å². The van der Waals surface area contributed by atoms with Gasteiger partial charge >= 0.3 is 11.9 Å². The third-order valence-electron chi connectivity index (χ3n) is 6.36. The van der Waals surface area contributed by atoms with Gasteiger partial charge < -0.3 is 14.8 Å². The Balaban J connectivity index is 1.70. The summed E-state index contributed by atoms with van der Waals surface area (Å²) in [7, 11) is 0. The molecule has 1 aromatic carbocycles. The van der Waals surface area contributed by atoms with Gasteiger partial charge in [0, 0.05) is 42.0 Å². The topological polar surface area (TPSA) is 133 Å². The van der Waals surface area contributed by atoms with Crippen molar-refractivity contribution in [3.05, 3.63) is 92.1 Å². The van der Waals surface area contributed by atoms with E-state index in [-0.39, 0.29) is 57.3 Å². The Hall–Kier alpha value is -4.09. The van der Waals surface area contributed by atoms with E-state index in [9.17, 15) is 19.2 Å². The van der Waals surface area contributed by atoms with Crippen LogP contribution in [-0.4, -0.2) is 63.8 Å². The molecule has 0 bridgehead atoms. The average Bonchev–Trinajstić information content (AvgIpc) is 2.95. The summed E-state index contributed by atoms with van der Waals surface area (Å²) in [4.78, 5) is 56.3. The second kappa shape index (κ2) is 16.4. The highest BCUT2D eigenvalue weighted by Gasteiger charge is 2.19. The van der Waals surface area contributed by atoms with Crippen LogP contribution in [0.15, 0.2) is 53.6 Å². The van der Waals surface area contributed by atoms with Crippen LogP contribution in [0.1, 0.15) is 41.8 Å². The molecule has 1 N–H and O–H groups in total. The van der Waals surface area contributed by atoms with E-state index in [0.29, 0.717) is 34.7 Å². The second-order valence-electron chi connectivity index (χ2n) is 9.53. The molecule has 0 atom stereocenters. The minimum atomic E-state index is -0.468. The smallest absolute Gasteiger partial charge is 0.320 e. The fourth-order valence-corrected chi connectivity index (χ4v) is 4.46. The molecule has 42 heavy (non-hydrogen) atoms. The first kappa shape index (κ1) is 32.4. The number of carbonyl (C=O) groups excluding carboxylic acids is 3. The maximum Gasteiger partial charge on any atom is 0.320 e. The zero-order chi connectivity index (χ0) is 30.5. The molecule has 3 rings (SSSR count). The SMILES string of the molecule is CCOC(=O)CN(CC(=O)OCC)Cc1ccc(Cl)cc1CNC(=O)Cc1c(C)cnn(CCc2ccccn2)c1=O. The van der Waals surface area contributed by atoms with Crippen molar-refractivity contribution < 1.29 is 23.9 Å². The Morgan fingerprint density at radius 3 is 2.38 bits per heavy atom. The third kappa shape index (κ3) is 10.1. The van der Waals surface area contributed by atoms with Gasteiger partial charge in [-0.25, -0.2) is 4.68 Å². The minimum Gasteiger partial charge on any atom is -0.465 e. The summed E-state index contributed by atoms with van der Waals surface area (Å²) < 4.78 is 11.5. The molecule has 0 saturated heterocycles. The van der Waals surface area contributed by atoms with Crippen molar-refractivity contribution in [1.29, 1.82) is 0 Å². The summed E-state index contributed by atoms with van der Waals surface area (Å²) in [5.41, 5.74) is 2.97. The van der Waals surface area contributed by atoms with Crippen molar-refractivity contribution >= 4 is 29.4 Å². The number of aromatic nitrogens is 3. The van der Waals surface area contributed by atoms with Gasteiger partial charge in [-0.3, -0.25) is 29.1 Å². The minimum absolute atomic E-state index is 0.116. The highest BCUT2D eigenvalue weighted by Crippen LogP contribution is 2.18. The number of rotatable bonds is 15. The Bertz CT molecular complexity index is 1410. The average molecular weight is 598 g/mol. The molecule has 0 aliphatic carbocycles. The Labute approximate surface area is 249 Å². The fourth-order valence-electron chi connectivity index (χ4n) is 4.27. The lowest BCUT2D eigenvalue weighted by molar-refractivity contribution is -0.148. The highest BCUT2D eigenvalue weighted by molar-refractivity contribution is 6.30. The number of pyridine rings is 1. The van der Waals surface area contributed by atoms with Crippen molar-refractivity contribution in [2.75, 3.05) is 26.3 Å². The molecule has 11 nitrogen and oxygen atoms in total. The number of benzene rings is 1. The molecular formula is C30H36ClN5O6. The summed E-state index contributed by atoms with van der Waals surface area (Å²) in [6.07, 6.45) is 3.69. The molecule has 1 amide bonds. The zero-order valence-corrected chi connectivity index (χ0v) is 24.9. The summed E-state index contributed by atoms with van der Waals surface area (Å²) in [6, 6.07) is 10.8. The lowest BCUT2D eigenvalue weighted by Gasteiger charge is -2.22. The van der Waals surface area contributed by atoms with Crippen LogP contribution in [-0.2, 0) is 56.3 Å². The number of aryl methyl sites for hydroxylation is 3. The molecule has 12 heteroatoms. The molecular weight excluding hydrogens is 562 g/mol. The van der Waals surface area contributed by atoms with E-state index in [4.69, 9.17) is 21.1 Å². The predicted molar refractivity (Wildman–Crippen MR) is 157 cm³/mol. The van der Waals surface area contributed by atoms with E-state index in [1.807, 2.05) is 18.2 Å². The van der Waals surface area contributed by atoms with Crippen molar-refractivity contribution in [1.82, 2.24) is 25.0 Å². The van der Waals surface area contributed by atoms with Gasteiger partial charge in [-0.2, -0.15) is 5.10 Å². The van der Waals surface area contributed by atoms with Gasteiger partial charge in [-0.1, -0.05) is 23.7 Å². The van der Waals surface area contributed by atoms with Crippen LogP contribution >= 0.6 is 11.6 Å². The number of ether oxygens (including phenoxy) is 2. The first-order chi connectivity index (χ1) is 20.2. The Morgan fingerprint density at radius 2 is 1.74 bits per heavy atom. The zero-order valence-electron chi connectivity index (χ0n) is 24.1. The first-order valence-corrected chi connectivity index (χ1v) is 14.1. The Morgan fingerprint density at radius 1 is 1.02 bits per heavy atom. The molecule has 0 aliphatic rings. The fraction of sp³-hybridized carbons (Fsp3) is 0.400. The number of nitrogens with one attached hydrogen (secondary N) is 1. The number of amides is 1. The van der Waals surface area contributed by atoms with Crippen molar-refractivity contribution in [2.45, 2.75) is 53.2 Å². The summed E-state index contributed by atoms with van der Waals surface area (Å²) in [5.74, 6) is -1.29. The Kier molecular flexibility index (Phi) is 12.6. The quantitative estimate of drug-likeness (QED) is 0.262. The molecule has 0 saturated carbocycles. The summed E-state index contributed by atoms with van der Waals surface area (Å²) in [6.45, 7) is 6.04. The molecule has 2 heterocycles. The summed E-state index contributed by atoms with van der Waals surface area (Å²) in [5, 5.41) is 7.56. The van der Waals surface area contributed by atoms with Crippen molar-refractivity contribution in [3.63, 3.8) is 0 Å². The van der Waals surface area contributed by atoms with Crippen LogP contribution in [0.4, 0.5) is 0 Å². The van der Waals surface area contributed by atoms with Gasteiger partial charge in [0.1, 0.15) is 0 Å². The van der Waals surface area contributed by atoms with Gasteiger partial charge in [-0.15, -0.1) is 0 Å². The molecule has 0 unspecified atom stereocenters. The van der Waals surface area contributed by atoms with Gasteiger partial charge in [0.15, 0.2) is 0 Å². The number of hydrogen-bond donors (Lipinski definition) is 1. The number of hydrogen-bond acceptors (Lipinski definition) is 9. The monoisotopic (exact) mass is 597 g/mol. The van der Waals surface area contributed by atoms with Crippen LogP contribution in [0.2, 0.25) is 5.02 Å². The standard InChI is InChI=1S/C30H36ClN5O6/c1-4-41-28(38)19-35(20-29(39)42-5-2)18-22-9-10-24(31)14-23(22)17-33-27(37)15-26-21(3)16-34-36(30(26)40)13-11-25-8-6-7-12-32-25/h6-10,12,14,16H,4-5,11,13,15,17-20H2,1-3H3,(H,33,37). The second-order valence-corrected chi connectivity index (χ2v) is 9.96. The molecule has 0 aliphatic heterocycles. The molecule has 0 fully saturated rings. The van der Waals surface area contributed by atoms with E-state index in [0.717, 1.165) is 11.3 Å². The normalized spacial score (nSPS) is 10.9.